The van der Waals surface area contributed by atoms with Gasteiger partial charge in [-0.25, -0.2) is 4.39 Å². The Morgan fingerprint density at radius 2 is 2.12 bits per heavy atom. The highest BCUT2D eigenvalue weighted by Gasteiger charge is 2.21. The number of carbonyl (C=O) groups excluding carboxylic acids is 1. The highest BCUT2D eigenvalue weighted by atomic mass is 19.1. The molecule has 1 aromatic carbocycles. The van der Waals surface area contributed by atoms with Crippen molar-refractivity contribution >= 4 is 11.6 Å². The number of benzene rings is 1. The SMILES string of the molecule is O=C(CCn1ccccc1=O)N[C@H]1CCCN(c2cccc(F)c2)C1. The molecule has 1 aromatic heterocycles. The summed E-state index contributed by atoms with van der Waals surface area (Å²) in [5, 5.41) is 3.03. The number of nitrogens with zero attached hydrogens (tertiary/aromatic N) is 2. The lowest BCUT2D eigenvalue weighted by molar-refractivity contribution is -0.122. The molecule has 1 aliphatic heterocycles. The van der Waals surface area contributed by atoms with Crippen molar-refractivity contribution in [3.8, 4) is 0 Å². The molecule has 132 valence electrons. The molecule has 0 aliphatic carbocycles. The number of carbonyl (C=O) groups is 1. The molecule has 3 rings (SSSR count). The fraction of sp³-hybridized carbons (Fsp3) is 0.368. The standard InChI is InChI=1S/C19H22FN3O2/c20-15-5-3-7-17(13-15)23-11-4-6-16(14-23)21-18(24)9-12-22-10-2-1-8-19(22)25/h1-3,5,7-8,10,13,16H,4,6,9,11-12,14H2,(H,21,24)/t16-/m0/s1. The summed E-state index contributed by atoms with van der Waals surface area (Å²) in [6.07, 6.45) is 3.80. The molecule has 0 bridgehead atoms. The van der Waals surface area contributed by atoms with Crippen LogP contribution >= 0.6 is 0 Å². The van der Waals surface area contributed by atoms with Gasteiger partial charge in [0.2, 0.25) is 5.91 Å². The van der Waals surface area contributed by atoms with Crippen molar-refractivity contribution in [2.45, 2.75) is 31.8 Å². The summed E-state index contributed by atoms with van der Waals surface area (Å²) in [7, 11) is 0. The zero-order chi connectivity index (χ0) is 17.6. The fourth-order valence-corrected chi connectivity index (χ4v) is 3.17. The second-order valence-electron chi connectivity index (χ2n) is 6.31. The summed E-state index contributed by atoms with van der Waals surface area (Å²) in [4.78, 5) is 25.9. The molecule has 1 aliphatic rings. The first-order valence-corrected chi connectivity index (χ1v) is 8.57. The van der Waals surface area contributed by atoms with Gasteiger partial charge in [-0.1, -0.05) is 12.1 Å². The molecule has 1 saturated heterocycles. The van der Waals surface area contributed by atoms with Gasteiger partial charge < -0.3 is 14.8 Å². The van der Waals surface area contributed by atoms with Gasteiger partial charge in [0, 0.05) is 50.0 Å². The number of hydrogen-bond acceptors (Lipinski definition) is 3. The average molecular weight is 343 g/mol. The van der Waals surface area contributed by atoms with Crippen LogP contribution in [0.1, 0.15) is 19.3 Å². The minimum Gasteiger partial charge on any atom is -0.369 e. The van der Waals surface area contributed by atoms with Crippen molar-refractivity contribution in [3.05, 3.63) is 64.8 Å². The fourth-order valence-electron chi connectivity index (χ4n) is 3.17. The first-order valence-electron chi connectivity index (χ1n) is 8.57. The highest BCUT2D eigenvalue weighted by molar-refractivity contribution is 5.76. The molecule has 6 heteroatoms. The van der Waals surface area contributed by atoms with Gasteiger partial charge in [-0.2, -0.15) is 0 Å². The number of nitrogens with one attached hydrogen (secondary N) is 1. The molecule has 0 unspecified atom stereocenters. The molecule has 5 nitrogen and oxygen atoms in total. The third-order valence-electron chi connectivity index (χ3n) is 4.44. The van der Waals surface area contributed by atoms with Gasteiger partial charge in [-0.3, -0.25) is 9.59 Å². The number of aromatic nitrogens is 1. The van der Waals surface area contributed by atoms with Gasteiger partial charge in [0.1, 0.15) is 5.82 Å². The number of amides is 1. The molecular weight excluding hydrogens is 321 g/mol. The maximum absolute atomic E-state index is 13.4. The van der Waals surface area contributed by atoms with E-state index < -0.39 is 0 Å². The van der Waals surface area contributed by atoms with Gasteiger partial charge in [0.15, 0.2) is 0 Å². The quantitative estimate of drug-likeness (QED) is 0.905. The third kappa shape index (κ3) is 4.68. The Morgan fingerprint density at radius 3 is 2.92 bits per heavy atom. The largest absolute Gasteiger partial charge is 0.369 e. The normalized spacial score (nSPS) is 17.3. The van der Waals surface area contributed by atoms with E-state index in [9.17, 15) is 14.0 Å². The van der Waals surface area contributed by atoms with E-state index in [0.717, 1.165) is 25.1 Å². The predicted molar refractivity (Wildman–Crippen MR) is 95.1 cm³/mol. The van der Waals surface area contributed by atoms with Crippen molar-refractivity contribution in [2.24, 2.45) is 0 Å². The average Bonchev–Trinajstić information content (AvgIpc) is 2.61. The lowest BCUT2D eigenvalue weighted by atomic mass is 10.0. The summed E-state index contributed by atoms with van der Waals surface area (Å²) in [6, 6.07) is 11.5. The number of aryl methyl sites for hydroxylation is 1. The van der Waals surface area contributed by atoms with E-state index in [1.54, 1.807) is 24.4 Å². The van der Waals surface area contributed by atoms with Crippen LogP contribution < -0.4 is 15.8 Å². The smallest absolute Gasteiger partial charge is 0.250 e. The first-order chi connectivity index (χ1) is 12.1. The Labute approximate surface area is 146 Å². The van der Waals surface area contributed by atoms with E-state index in [1.165, 1.54) is 22.8 Å². The van der Waals surface area contributed by atoms with Crippen LogP contribution in [-0.2, 0) is 11.3 Å². The van der Waals surface area contributed by atoms with Gasteiger partial charge in [-0.05, 0) is 37.1 Å². The lowest BCUT2D eigenvalue weighted by Crippen LogP contribution is -2.48. The molecule has 0 spiro atoms. The summed E-state index contributed by atoms with van der Waals surface area (Å²) < 4.78 is 14.9. The van der Waals surface area contributed by atoms with Gasteiger partial charge in [0.05, 0.1) is 0 Å². The van der Waals surface area contributed by atoms with E-state index in [2.05, 4.69) is 10.2 Å². The molecule has 1 amide bonds. The Bertz CT molecular complexity index is 790. The molecule has 2 aromatic rings. The lowest BCUT2D eigenvalue weighted by Gasteiger charge is -2.34. The summed E-state index contributed by atoms with van der Waals surface area (Å²) in [5.41, 5.74) is 0.736. The molecule has 25 heavy (non-hydrogen) atoms. The van der Waals surface area contributed by atoms with Crippen LogP contribution in [0.3, 0.4) is 0 Å². The predicted octanol–water partition coefficient (Wildman–Crippen LogP) is 2.16. The number of pyridine rings is 1. The molecule has 0 radical (unpaired) electrons. The van der Waals surface area contributed by atoms with Crippen LogP contribution in [0.2, 0.25) is 0 Å². The third-order valence-corrected chi connectivity index (χ3v) is 4.44. The Balaban J connectivity index is 1.53. The maximum atomic E-state index is 13.4. The topological polar surface area (TPSA) is 54.3 Å². The molecule has 0 saturated carbocycles. The number of piperidine rings is 1. The molecule has 2 heterocycles. The molecular formula is C19H22FN3O2. The van der Waals surface area contributed by atoms with Gasteiger partial charge in [-0.15, -0.1) is 0 Å². The number of halogens is 1. The van der Waals surface area contributed by atoms with Crippen molar-refractivity contribution < 1.29 is 9.18 Å². The van der Waals surface area contributed by atoms with Crippen LogP contribution in [0.5, 0.6) is 0 Å². The number of anilines is 1. The van der Waals surface area contributed by atoms with E-state index in [4.69, 9.17) is 0 Å². The molecule has 1 N–H and O–H groups in total. The minimum absolute atomic E-state index is 0.0389. The molecule has 1 fully saturated rings. The zero-order valence-corrected chi connectivity index (χ0v) is 14.0. The van der Waals surface area contributed by atoms with Crippen molar-refractivity contribution in [3.63, 3.8) is 0 Å². The Hall–Kier alpha value is -2.63. The summed E-state index contributed by atoms with van der Waals surface area (Å²) >= 11 is 0. The maximum Gasteiger partial charge on any atom is 0.250 e. The van der Waals surface area contributed by atoms with Gasteiger partial charge in [0.25, 0.3) is 5.56 Å². The van der Waals surface area contributed by atoms with Gasteiger partial charge >= 0.3 is 0 Å². The second kappa shape index (κ2) is 7.96. The van der Waals surface area contributed by atoms with Crippen LogP contribution in [0.15, 0.2) is 53.5 Å². The van der Waals surface area contributed by atoms with Crippen molar-refractivity contribution in [1.29, 1.82) is 0 Å². The number of rotatable bonds is 5. The Kier molecular flexibility index (Phi) is 5.48. The minimum atomic E-state index is -0.253. The van der Waals surface area contributed by atoms with Crippen LogP contribution in [0.4, 0.5) is 10.1 Å². The van der Waals surface area contributed by atoms with E-state index in [0.29, 0.717) is 13.1 Å². The number of hydrogen-bond donors (Lipinski definition) is 1. The zero-order valence-electron chi connectivity index (χ0n) is 14.0. The monoisotopic (exact) mass is 343 g/mol. The summed E-state index contributed by atoms with van der Waals surface area (Å²) in [5.74, 6) is -0.321. The van der Waals surface area contributed by atoms with E-state index in [-0.39, 0.29) is 29.7 Å². The van der Waals surface area contributed by atoms with E-state index in [1.807, 2.05) is 6.07 Å². The summed E-state index contributed by atoms with van der Waals surface area (Å²) in [6.45, 7) is 1.89. The van der Waals surface area contributed by atoms with Crippen LogP contribution in [-0.4, -0.2) is 29.6 Å². The molecule has 1 atom stereocenters. The Morgan fingerprint density at radius 1 is 1.24 bits per heavy atom. The second-order valence-corrected chi connectivity index (χ2v) is 6.31. The van der Waals surface area contributed by atoms with E-state index >= 15 is 0 Å². The van der Waals surface area contributed by atoms with Crippen molar-refractivity contribution in [1.82, 2.24) is 9.88 Å². The van der Waals surface area contributed by atoms with Crippen LogP contribution in [0, 0.1) is 5.82 Å². The van der Waals surface area contributed by atoms with Crippen LogP contribution in [0.25, 0.3) is 0 Å². The first kappa shape index (κ1) is 17.2. The van der Waals surface area contributed by atoms with Crippen molar-refractivity contribution in [2.75, 3.05) is 18.0 Å². The highest BCUT2D eigenvalue weighted by Crippen LogP contribution is 2.20.